The molecule has 1 heterocycles. The van der Waals surface area contributed by atoms with Gasteiger partial charge in [-0.05, 0) is 38.3 Å². The summed E-state index contributed by atoms with van der Waals surface area (Å²) in [5.74, 6) is -0.343. The van der Waals surface area contributed by atoms with Crippen LogP contribution in [0.5, 0.6) is 5.75 Å². The molecule has 1 fully saturated rings. The SMILES string of the molecule is CCN(CC)C(=O)N1CCC(C(=O)NNC(=O)COc2ccccc2-c2ccccc2)CC1. The largest absolute Gasteiger partial charge is 0.483 e. The summed E-state index contributed by atoms with van der Waals surface area (Å²) in [5, 5.41) is 0. The topological polar surface area (TPSA) is 91.0 Å². The molecule has 0 saturated carbocycles. The zero-order valence-corrected chi connectivity index (χ0v) is 19.3. The van der Waals surface area contributed by atoms with Gasteiger partial charge in [0, 0.05) is 37.7 Å². The van der Waals surface area contributed by atoms with E-state index in [9.17, 15) is 14.4 Å². The van der Waals surface area contributed by atoms with Crippen molar-refractivity contribution in [1.29, 1.82) is 0 Å². The molecule has 2 aromatic rings. The Hall–Kier alpha value is -3.55. The van der Waals surface area contributed by atoms with Crippen LogP contribution in [0, 0.1) is 5.92 Å². The van der Waals surface area contributed by atoms with Crippen molar-refractivity contribution in [3.63, 3.8) is 0 Å². The summed E-state index contributed by atoms with van der Waals surface area (Å²) in [4.78, 5) is 40.7. The highest BCUT2D eigenvalue weighted by atomic mass is 16.5. The Morgan fingerprint density at radius 3 is 2.24 bits per heavy atom. The Bertz CT molecular complexity index is 938. The molecule has 0 aliphatic carbocycles. The van der Waals surface area contributed by atoms with Crippen LogP contribution >= 0.6 is 0 Å². The van der Waals surface area contributed by atoms with Crippen molar-refractivity contribution < 1.29 is 19.1 Å². The fraction of sp³-hybridized carbons (Fsp3) is 0.400. The lowest BCUT2D eigenvalue weighted by atomic mass is 9.96. The first-order valence-electron chi connectivity index (χ1n) is 11.4. The van der Waals surface area contributed by atoms with E-state index >= 15 is 0 Å². The lowest BCUT2D eigenvalue weighted by Crippen LogP contribution is -2.51. The minimum Gasteiger partial charge on any atom is -0.483 e. The van der Waals surface area contributed by atoms with Gasteiger partial charge >= 0.3 is 6.03 Å². The van der Waals surface area contributed by atoms with E-state index in [4.69, 9.17) is 4.74 Å². The average Bonchev–Trinajstić information content (AvgIpc) is 2.87. The summed E-state index contributed by atoms with van der Waals surface area (Å²) in [6.45, 7) is 6.07. The van der Waals surface area contributed by atoms with Crippen molar-refractivity contribution in [2.45, 2.75) is 26.7 Å². The van der Waals surface area contributed by atoms with Gasteiger partial charge in [-0.1, -0.05) is 48.5 Å². The number of amides is 4. The van der Waals surface area contributed by atoms with Crippen molar-refractivity contribution in [3.05, 3.63) is 54.6 Å². The molecule has 1 aliphatic rings. The van der Waals surface area contributed by atoms with Crippen molar-refractivity contribution in [3.8, 4) is 16.9 Å². The molecule has 0 aromatic heterocycles. The van der Waals surface area contributed by atoms with Gasteiger partial charge in [-0.2, -0.15) is 0 Å². The van der Waals surface area contributed by atoms with Gasteiger partial charge in [0.25, 0.3) is 5.91 Å². The standard InChI is InChI=1S/C25H32N4O4/c1-3-28(4-2)25(32)29-16-14-20(15-17-29)24(31)27-26-23(30)18-33-22-13-9-8-12-21(22)19-10-6-5-7-11-19/h5-13,20H,3-4,14-18H2,1-2H3,(H,26,30)(H,27,31). The average molecular weight is 453 g/mol. The van der Waals surface area contributed by atoms with Crippen LogP contribution in [0.2, 0.25) is 0 Å². The monoisotopic (exact) mass is 452 g/mol. The number of para-hydroxylation sites is 1. The molecule has 1 aliphatic heterocycles. The van der Waals surface area contributed by atoms with Crippen molar-refractivity contribution in [1.82, 2.24) is 20.7 Å². The molecule has 176 valence electrons. The molecule has 8 heteroatoms. The van der Waals surface area contributed by atoms with E-state index in [0.29, 0.717) is 44.8 Å². The minimum atomic E-state index is -0.444. The van der Waals surface area contributed by atoms with Gasteiger partial charge in [0.15, 0.2) is 6.61 Å². The second-order valence-electron chi connectivity index (χ2n) is 7.90. The molecule has 0 radical (unpaired) electrons. The first-order chi connectivity index (χ1) is 16.0. The maximum Gasteiger partial charge on any atom is 0.319 e. The molecule has 0 spiro atoms. The van der Waals surface area contributed by atoms with Crippen LogP contribution in [-0.2, 0) is 9.59 Å². The third kappa shape index (κ3) is 6.47. The van der Waals surface area contributed by atoms with Gasteiger partial charge in [0.2, 0.25) is 5.91 Å². The van der Waals surface area contributed by atoms with Crippen LogP contribution in [0.1, 0.15) is 26.7 Å². The summed E-state index contributed by atoms with van der Waals surface area (Å²) < 4.78 is 5.70. The van der Waals surface area contributed by atoms with Gasteiger partial charge in [0.1, 0.15) is 5.75 Å². The van der Waals surface area contributed by atoms with Crippen molar-refractivity contribution in [2.24, 2.45) is 5.92 Å². The second kappa shape index (κ2) is 11.9. The van der Waals surface area contributed by atoms with Crippen molar-refractivity contribution in [2.75, 3.05) is 32.8 Å². The Labute approximate surface area is 194 Å². The van der Waals surface area contributed by atoms with Gasteiger partial charge in [-0.25, -0.2) is 4.79 Å². The molecule has 33 heavy (non-hydrogen) atoms. The van der Waals surface area contributed by atoms with E-state index in [1.54, 1.807) is 9.80 Å². The molecule has 0 unspecified atom stereocenters. The van der Waals surface area contributed by atoms with Gasteiger partial charge in [-0.3, -0.25) is 20.4 Å². The van der Waals surface area contributed by atoms with Gasteiger partial charge < -0.3 is 14.5 Å². The van der Waals surface area contributed by atoms with Gasteiger partial charge in [-0.15, -0.1) is 0 Å². The molecule has 2 aromatic carbocycles. The number of hydrogen-bond acceptors (Lipinski definition) is 4. The van der Waals surface area contributed by atoms with Crippen LogP contribution in [-0.4, -0.2) is 60.4 Å². The molecule has 4 amide bonds. The highest BCUT2D eigenvalue weighted by Gasteiger charge is 2.29. The highest BCUT2D eigenvalue weighted by molar-refractivity contribution is 5.84. The number of carbonyl (C=O) groups is 3. The van der Waals surface area contributed by atoms with E-state index in [2.05, 4.69) is 10.9 Å². The number of urea groups is 1. The number of piperidine rings is 1. The van der Waals surface area contributed by atoms with E-state index in [1.165, 1.54) is 0 Å². The van der Waals surface area contributed by atoms with Crippen LogP contribution in [0.4, 0.5) is 4.79 Å². The molecule has 0 atom stereocenters. The zero-order chi connectivity index (χ0) is 23.6. The smallest absolute Gasteiger partial charge is 0.319 e. The van der Waals surface area contributed by atoms with Crippen LogP contribution in [0.3, 0.4) is 0 Å². The Balaban J connectivity index is 1.43. The number of benzene rings is 2. The van der Waals surface area contributed by atoms with E-state index in [-0.39, 0.29) is 24.5 Å². The number of hydrogen-bond donors (Lipinski definition) is 2. The third-order valence-corrected chi connectivity index (χ3v) is 5.83. The van der Waals surface area contributed by atoms with Crippen molar-refractivity contribution >= 4 is 17.8 Å². The Morgan fingerprint density at radius 2 is 1.58 bits per heavy atom. The Kier molecular flexibility index (Phi) is 8.69. The molecular weight excluding hydrogens is 420 g/mol. The summed E-state index contributed by atoms with van der Waals surface area (Å²) >= 11 is 0. The van der Waals surface area contributed by atoms with Crippen LogP contribution in [0.25, 0.3) is 11.1 Å². The predicted molar refractivity (Wildman–Crippen MR) is 126 cm³/mol. The summed E-state index contributed by atoms with van der Waals surface area (Å²) in [5.41, 5.74) is 6.80. The number of rotatable bonds is 7. The molecular formula is C25H32N4O4. The van der Waals surface area contributed by atoms with E-state index in [0.717, 1.165) is 11.1 Å². The first kappa shape index (κ1) is 24.1. The fourth-order valence-corrected chi connectivity index (χ4v) is 3.89. The summed E-state index contributed by atoms with van der Waals surface area (Å²) in [6.07, 6.45) is 1.13. The first-order valence-corrected chi connectivity index (χ1v) is 11.4. The van der Waals surface area contributed by atoms with Crippen LogP contribution in [0.15, 0.2) is 54.6 Å². The number of nitrogens with one attached hydrogen (secondary N) is 2. The molecule has 2 N–H and O–H groups in total. The lowest BCUT2D eigenvalue weighted by molar-refractivity contribution is -0.132. The fourth-order valence-electron chi connectivity index (χ4n) is 3.89. The molecule has 0 bridgehead atoms. The number of hydrazine groups is 1. The number of carbonyl (C=O) groups excluding carboxylic acids is 3. The van der Waals surface area contributed by atoms with Crippen LogP contribution < -0.4 is 15.6 Å². The van der Waals surface area contributed by atoms with E-state index in [1.807, 2.05) is 68.4 Å². The maximum absolute atomic E-state index is 12.5. The quantitative estimate of drug-likeness (QED) is 0.632. The Morgan fingerprint density at radius 1 is 0.939 bits per heavy atom. The predicted octanol–water partition coefficient (Wildman–Crippen LogP) is 3.05. The normalized spacial score (nSPS) is 13.8. The third-order valence-electron chi connectivity index (χ3n) is 5.83. The number of likely N-dealkylation sites (tertiary alicyclic amines) is 1. The zero-order valence-electron chi connectivity index (χ0n) is 19.3. The number of nitrogens with zero attached hydrogens (tertiary/aromatic N) is 2. The summed E-state index contributed by atoms with van der Waals surface area (Å²) in [6, 6.07) is 17.3. The molecule has 8 nitrogen and oxygen atoms in total. The molecule has 3 rings (SSSR count). The maximum atomic E-state index is 12.5. The number of ether oxygens (including phenoxy) is 1. The minimum absolute atomic E-state index is 0.0140. The molecule has 1 saturated heterocycles. The lowest BCUT2D eigenvalue weighted by Gasteiger charge is -2.34. The van der Waals surface area contributed by atoms with E-state index < -0.39 is 5.91 Å². The summed E-state index contributed by atoms with van der Waals surface area (Å²) in [7, 11) is 0. The van der Waals surface area contributed by atoms with Gasteiger partial charge in [0.05, 0.1) is 0 Å². The second-order valence-corrected chi connectivity index (χ2v) is 7.90. The highest BCUT2D eigenvalue weighted by Crippen LogP contribution is 2.29.